The summed E-state index contributed by atoms with van der Waals surface area (Å²) in [7, 11) is -3.86. The predicted molar refractivity (Wildman–Crippen MR) is 175 cm³/mol. The Balaban J connectivity index is 1.64. The maximum atomic E-state index is 13.5. The molecule has 44 heavy (non-hydrogen) atoms. The molecule has 10 nitrogen and oxygen atoms in total. The molecule has 238 valence electrons. The number of nitrogens with one attached hydrogen (secondary N) is 2. The van der Waals surface area contributed by atoms with Crippen molar-refractivity contribution < 1.29 is 23.1 Å². The van der Waals surface area contributed by atoms with Crippen LogP contribution in [-0.4, -0.2) is 66.4 Å². The lowest BCUT2D eigenvalue weighted by Gasteiger charge is -2.31. The Morgan fingerprint density at radius 2 is 1.75 bits per heavy atom. The number of hydrogen-bond acceptors (Lipinski definition) is 7. The van der Waals surface area contributed by atoms with Crippen LogP contribution in [0.3, 0.4) is 0 Å². The zero-order chi connectivity index (χ0) is 32.3. The number of nitrogens with two attached hydrogens (primary N) is 1. The van der Waals surface area contributed by atoms with E-state index in [1.54, 1.807) is 37.4 Å². The van der Waals surface area contributed by atoms with E-state index in [4.69, 9.17) is 5.73 Å². The Bertz CT molecular complexity index is 1500. The fraction of sp³-hybridized carbons (Fsp3) is 0.406. The second-order valence-corrected chi connectivity index (χ2v) is 13.9. The van der Waals surface area contributed by atoms with E-state index in [-0.39, 0.29) is 42.2 Å². The first-order valence-corrected chi connectivity index (χ1v) is 16.9. The Labute approximate surface area is 268 Å². The van der Waals surface area contributed by atoms with Gasteiger partial charge in [-0.3, -0.25) is 14.6 Å². The lowest BCUT2D eigenvalue weighted by Crippen LogP contribution is -2.48. The Morgan fingerprint density at radius 1 is 1.05 bits per heavy atom. The van der Waals surface area contributed by atoms with Crippen molar-refractivity contribution in [1.29, 1.82) is 0 Å². The summed E-state index contributed by atoms with van der Waals surface area (Å²) in [5.41, 5.74) is 8.04. The van der Waals surface area contributed by atoms with Crippen molar-refractivity contribution in [2.45, 2.75) is 63.4 Å². The molecule has 0 saturated heterocycles. The number of pyridine rings is 1. The van der Waals surface area contributed by atoms with Crippen LogP contribution in [0.1, 0.15) is 54.7 Å². The molecule has 3 aromatic rings. The van der Waals surface area contributed by atoms with Crippen LogP contribution < -0.4 is 16.4 Å². The van der Waals surface area contributed by atoms with E-state index in [1.807, 2.05) is 38.1 Å². The van der Waals surface area contributed by atoms with Crippen molar-refractivity contribution in [3.05, 3.63) is 88.2 Å². The molecule has 0 aliphatic heterocycles. The molecule has 1 aromatic heterocycles. The molecule has 2 aromatic carbocycles. The minimum atomic E-state index is -3.86. The number of anilines is 1. The first kappa shape index (κ1) is 35.2. The summed E-state index contributed by atoms with van der Waals surface area (Å²) in [6.45, 7) is 5.83. The van der Waals surface area contributed by atoms with Gasteiger partial charge in [0, 0.05) is 47.6 Å². The number of carbonyl (C=O) groups is 2. The fourth-order valence-corrected chi connectivity index (χ4v) is 7.05. The smallest absolute Gasteiger partial charge is 0.253 e. The fourth-order valence-electron chi connectivity index (χ4n) is 4.80. The highest BCUT2D eigenvalue weighted by Crippen LogP contribution is 2.23. The number of aromatic nitrogens is 1. The molecule has 2 amide bonds. The topological polar surface area (TPSA) is 155 Å². The van der Waals surface area contributed by atoms with Gasteiger partial charge < -0.3 is 21.5 Å². The second-order valence-electron chi connectivity index (χ2n) is 11.1. The number of rotatable bonds is 16. The molecular formula is C32H42BrN5O5S. The number of unbranched alkanes of at least 4 members (excludes halogenated alkanes) is 1. The van der Waals surface area contributed by atoms with E-state index < -0.39 is 22.1 Å². The summed E-state index contributed by atoms with van der Waals surface area (Å²) >= 11 is 3.52. The first-order chi connectivity index (χ1) is 20.9. The lowest BCUT2D eigenvalue weighted by atomic mass is 10.0. The maximum absolute atomic E-state index is 13.5. The van der Waals surface area contributed by atoms with Crippen LogP contribution in [0.15, 0.2) is 76.2 Å². The molecule has 0 unspecified atom stereocenters. The third-order valence-electron chi connectivity index (χ3n) is 7.17. The van der Waals surface area contributed by atoms with Crippen LogP contribution >= 0.6 is 15.9 Å². The van der Waals surface area contributed by atoms with Gasteiger partial charge in [0.15, 0.2) is 0 Å². The van der Waals surface area contributed by atoms with Gasteiger partial charge in [-0.15, -0.1) is 0 Å². The van der Waals surface area contributed by atoms with Crippen LogP contribution in [-0.2, 0) is 21.2 Å². The molecule has 5 N–H and O–H groups in total. The number of carbonyl (C=O) groups excluding carboxylic acids is 2. The molecule has 0 aliphatic rings. The summed E-state index contributed by atoms with van der Waals surface area (Å²) in [4.78, 5) is 30.7. The maximum Gasteiger partial charge on any atom is 0.253 e. The van der Waals surface area contributed by atoms with Gasteiger partial charge in [0.05, 0.1) is 17.1 Å². The average Bonchev–Trinajstić information content (AvgIpc) is 2.99. The number of nitrogen functional groups attached to an aromatic ring is 1. The molecule has 0 bridgehead atoms. The molecule has 1 heterocycles. The van der Waals surface area contributed by atoms with E-state index in [0.29, 0.717) is 42.8 Å². The summed E-state index contributed by atoms with van der Waals surface area (Å²) in [6, 6.07) is 15.4. The average molecular weight is 689 g/mol. The molecule has 2 atom stereocenters. The Morgan fingerprint density at radius 3 is 2.39 bits per heavy atom. The van der Waals surface area contributed by atoms with Gasteiger partial charge in [0.1, 0.15) is 6.04 Å². The number of hydrogen-bond donors (Lipinski definition) is 4. The zero-order valence-electron chi connectivity index (χ0n) is 25.4. The van der Waals surface area contributed by atoms with Crippen LogP contribution in [0, 0.1) is 12.8 Å². The Kier molecular flexibility index (Phi) is 13.3. The van der Waals surface area contributed by atoms with Gasteiger partial charge >= 0.3 is 0 Å². The number of halogens is 1. The van der Waals surface area contributed by atoms with E-state index in [0.717, 1.165) is 10.0 Å². The number of sulfonamides is 1. The number of aliphatic hydroxyl groups excluding tert-OH is 1. The summed E-state index contributed by atoms with van der Waals surface area (Å²) < 4.78 is 29.2. The van der Waals surface area contributed by atoms with Gasteiger partial charge in [0.2, 0.25) is 15.9 Å². The third-order valence-corrected chi connectivity index (χ3v) is 9.87. The normalized spacial score (nSPS) is 13.1. The minimum Gasteiger partial charge on any atom is -0.399 e. The minimum absolute atomic E-state index is 0.0409. The number of aryl methyl sites for hydroxylation is 1. The largest absolute Gasteiger partial charge is 0.399 e. The molecule has 0 aliphatic carbocycles. The number of benzene rings is 2. The first-order valence-electron chi connectivity index (χ1n) is 14.7. The van der Waals surface area contributed by atoms with Crippen LogP contribution in [0.25, 0.3) is 0 Å². The summed E-state index contributed by atoms with van der Waals surface area (Å²) in [5.74, 6) is -0.679. The summed E-state index contributed by atoms with van der Waals surface area (Å²) in [5, 5.41) is 16.0. The standard InChI is InChI=1S/C32H42BrN5O5S/c1-22(2)20-38(44(42,43)27-15-13-25(34)14-16-27)26(21-39)10-6-7-17-36-32(41)30(19-24-9-4-5-12-29(24)33)37-31(40)28-11-8-18-35-23(28)3/h4-5,8-9,11-16,18,22,26,30,39H,6-7,10,17,19-21,34H2,1-3H3,(H,36,41)(H,37,40)/t26-,30-/m0/s1. The molecule has 0 fully saturated rings. The second kappa shape index (κ2) is 16.7. The molecule has 3 rings (SSSR count). The Hall–Kier alpha value is -3.32. The van der Waals surface area contributed by atoms with Crippen LogP contribution in [0.5, 0.6) is 0 Å². The summed E-state index contributed by atoms with van der Waals surface area (Å²) in [6.07, 6.45) is 3.40. The monoisotopic (exact) mass is 687 g/mol. The SMILES string of the molecule is Cc1ncccc1C(=O)N[C@@H](Cc1ccccc1Br)C(=O)NCCCC[C@@H](CO)N(CC(C)C)S(=O)(=O)c1ccc(N)cc1. The van der Waals surface area contributed by atoms with Gasteiger partial charge in [-0.25, -0.2) is 8.42 Å². The van der Waals surface area contributed by atoms with Crippen LogP contribution in [0.4, 0.5) is 5.69 Å². The van der Waals surface area contributed by atoms with Crippen molar-refractivity contribution in [1.82, 2.24) is 19.9 Å². The molecule has 12 heteroatoms. The van der Waals surface area contributed by atoms with E-state index in [2.05, 4.69) is 31.5 Å². The predicted octanol–water partition coefficient (Wildman–Crippen LogP) is 4.07. The third kappa shape index (κ3) is 9.85. The highest BCUT2D eigenvalue weighted by Gasteiger charge is 2.31. The molecule has 0 saturated carbocycles. The van der Waals surface area contributed by atoms with Crippen molar-refractivity contribution in [3.63, 3.8) is 0 Å². The van der Waals surface area contributed by atoms with Crippen molar-refractivity contribution >= 4 is 43.5 Å². The number of nitrogens with zero attached hydrogens (tertiary/aromatic N) is 2. The van der Waals surface area contributed by atoms with Crippen molar-refractivity contribution in [2.75, 3.05) is 25.4 Å². The lowest BCUT2D eigenvalue weighted by molar-refractivity contribution is -0.122. The molecule has 0 spiro atoms. The highest BCUT2D eigenvalue weighted by molar-refractivity contribution is 9.10. The highest BCUT2D eigenvalue weighted by atomic mass is 79.9. The van der Waals surface area contributed by atoms with Crippen molar-refractivity contribution in [2.24, 2.45) is 5.92 Å². The van der Waals surface area contributed by atoms with Gasteiger partial charge in [-0.2, -0.15) is 4.31 Å². The molecule has 0 radical (unpaired) electrons. The number of aliphatic hydroxyl groups is 1. The van der Waals surface area contributed by atoms with Gasteiger partial charge in [0.25, 0.3) is 5.91 Å². The van der Waals surface area contributed by atoms with Gasteiger partial charge in [-0.05, 0) is 73.7 Å². The molecular weight excluding hydrogens is 646 g/mol. The van der Waals surface area contributed by atoms with Gasteiger partial charge in [-0.1, -0.05) is 54.4 Å². The number of amides is 2. The van der Waals surface area contributed by atoms with E-state index in [9.17, 15) is 23.1 Å². The van der Waals surface area contributed by atoms with E-state index in [1.165, 1.54) is 16.4 Å². The zero-order valence-corrected chi connectivity index (χ0v) is 27.8. The van der Waals surface area contributed by atoms with Crippen LogP contribution in [0.2, 0.25) is 0 Å². The van der Waals surface area contributed by atoms with E-state index >= 15 is 0 Å². The quantitative estimate of drug-likeness (QED) is 0.131. The van der Waals surface area contributed by atoms with Crippen molar-refractivity contribution in [3.8, 4) is 0 Å².